The minimum absolute atomic E-state index is 0.128. The molecule has 2 aromatic rings. The molecule has 1 aromatic carbocycles. The molecule has 120 valence electrons. The third-order valence-corrected chi connectivity index (χ3v) is 4.71. The van der Waals surface area contributed by atoms with Crippen LogP contribution in [0.1, 0.15) is 53.1 Å². The summed E-state index contributed by atoms with van der Waals surface area (Å²) in [5.74, 6) is 1.48. The summed E-state index contributed by atoms with van der Waals surface area (Å²) in [5.41, 5.74) is 1.72. The van der Waals surface area contributed by atoms with Crippen LogP contribution in [-0.2, 0) is 4.74 Å². The van der Waals surface area contributed by atoms with Gasteiger partial charge in [0, 0.05) is 13.2 Å². The van der Waals surface area contributed by atoms with Crippen molar-refractivity contribution in [1.82, 2.24) is 10.3 Å². The highest BCUT2D eigenvalue weighted by Crippen LogP contribution is 2.46. The van der Waals surface area contributed by atoms with Crippen LogP contribution in [0.2, 0.25) is 0 Å². The molecular formula is C18H20N2O3. The van der Waals surface area contributed by atoms with Gasteiger partial charge in [0.15, 0.2) is 17.8 Å². The SMILES string of the molecule is O=C(NC[C@@H]1C[C@H]1c1ccccc1)c1ncoc1[C@@H]1CCCO1. The molecule has 1 aliphatic carbocycles. The molecule has 3 atom stereocenters. The van der Waals surface area contributed by atoms with Crippen LogP contribution in [0.3, 0.4) is 0 Å². The Bertz CT molecular complexity index is 677. The Morgan fingerprint density at radius 1 is 1.30 bits per heavy atom. The van der Waals surface area contributed by atoms with E-state index in [1.165, 1.54) is 12.0 Å². The second kappa shape index (κ2) is 6.16. The molecule has 2 fully saturated rings. The number of hydrogen-bond acceptors (Lipinski definition) is 4. The molecule has 0 radical (unpaired) electrons. The van der Waals surface area contributed by atoms with Gasteiger partial charge in [-0.1, -0.05) is 30.3 Å². The van der Waals surface area contributed by atoms with Crippen molar-refractivity contribution in [2.24, 2.45) is 5.92 Å². The highest BCUT2D eigenvalue weighted by Gasteiger charge is 2.38. The number of rotatable bonds is 5. The van der Waals surface area contributed by atoms with E-state index in [0.717, 1.165) is 19.3 Å². The molecule has 4 rings (SSSR count). The Balaban J connectivity index is 1.34. The number of carbonyl (C=O) groups excluding carboxylic acids is 1. The maximum Gasteiger partial charge on any atom is 0.273 e. The first-order chi connectivity index (χ1) is 11.3. The fraction of sp³-hybridized carbons (Fsp3) is 0.444. The first kappa shape index (κ1) is 14.5. The van der Waals surface area contributed by atoms with Gasteiger partial charge in [0.2, 0.25) is 0 Å². The van der Waals surface area contributed by atoms with Crippen LogP contribution in [0.5, 0.6) is 0 Å². The maximum atomic E-state index is 12.4. The van der Waals surface area contributed by atoms with Crippen LogP contribution in [0.4, 0.5) is 0 Å². The Labute approximate surface area is 135 Å². The average Bonchev–Trinajstić information content (AvgIpc) is 2.99. The van der Waals surface area contributed by atoms with Crippen molar-refractivity contribution in [2.45, 2.75) is 31.3 Å². The number of nitrogens with one attached hydrogen (secondary N) is 1. The third-order valence-electron chi connectivity index (χ3n) is 4.71. The quantitative estimate of drug-likeness (QED) is 0.921. The third kappa shape index (κ3) is 3.01. The first-order valence-electron chi connectivity index (χ1n) is 8.21. The van der Waals surface area contributed by atoms with Crippen LogP contribution in [-0.4, -0.2) is 24.0 Å². The lowest BCUT2D eigenvalue weighted by Crippen LogP contribution is -2.27. The zero-order valence-corrected chi connectivity index (χ0v) is 12.9. The van der Waals surface area contributed by atoms with Gasteiger partial charge in [0.25, 0.3) is 5.91 Å². The summed E-state index contributed by atoms with van der Waals surface area (Å²) in [7, 11) is 0. The number of aromatic nitrogens is 1. The highest BCUT2D eigenvalue weighted by molar-refractivity contribution is 5.93. The molecule has 0 bridgehead atoms. The van der Waals surface area contributed by atoms with E-state index in [9.17, 15) is 4.79 Å². The van der Waals surface area contributed by atoms with Gasteiger partial charge in [0.1, 0.15) is 6.10 Å². The summed E-state index contributed by atoms with van der Waals surface area (Å²) in [6.07, 6.45) is 4.20. The molecule has 23 heavy (non-hydrogen) atoms. The summed E-state index contributed by atoms with van der Waals surface area (Å²) in [6.45, 7) is 1.39. The second-order valence-electron chi connectivity index (χ2n) is 6.29. The molecule has 2 heterocycles. The molecule has 1 aromatic heterocycles. The molecule has 2 aliphatic rings. The van der Waals surface area contributed by atoms with Gasteiger partial charge < -0.3 is 14.5 Å². The predicted octanol–water partition coefficient (Wildman–Crippen LogP) is 3.06. The summed E-state index contributed by atoms with van der Waals surface area (Å²) in [6, 6.07) is 10.5. The Kier molecular flexibility index (Phi) is 3.87. The van der Waals surface area contributed by atoms with Gasteiger partial charge in [-0.05, 0) is 36.7 Å². The number of benzene rings is 1. The first-order valence-corrected chi connectivity index (χ1v) is 8.21. The lowest BCUT2D eigenvalue weighted by Gasteiger charge is -2.08. The van der Waals surface area contributed by atoms with E-state index < -0.39 is 0 Å². The van der Waals surface area contributed by atoms with E-state index in [0.29, 0.717) is 36.4 Å². The van der Waals surface area contributed by atoms with E-state index in [2.05, 4.69) is 34.6 Å². The van der Waals surface area contributed by atoms with Crippen molar-refractivity contribution in [3.05, 3.63) is 53.7 Å². The number of carbonyl (C=O) groups is 1. The van der Waals surface area contributed by atoms with Crippen molar-refractivity contribution in [2.75, 3.05) is 13.2 Å². The molecule has 0 unspecified atom stereocenters. The van der Waals surface area contributed by atoms with Gasteiger partial charge in [-0.15, -0.1) is 0 Å². The molecule has 1 amide bonds. The van der Waals surface area contributed by atoms with Crippen LogP contribution < -0.4 is 5.32 Å². The molecule has 0 spiro atoms. The number of ether oxygens (including phenoxy) is 1. The fourth-order valence-corrected chi connectivity index (χ4v) is 3.33. The van der Waals surface area contributed by atoms with Gasteiger partial charge in [-0.2, -0.15) is 0 Å². The predicted molar refractivity (Wildman–Crippen MR) is 84.1 cm³/mol. The normalized spacial score (nSPS) is 26.2. The highest BCUT2D eigenvalue weighted by atomic mass is 16.5. The molecule has 5 heteroatoms. The number of amides is 1. The van der Waals surface area contributed by atoms with Crippen molar-refractivity contribution in [3.8, 4) is 0 Å². The minimum Gasteiger partial charge on any atom is -0.445 e. The van der Waals surface area contributed by atoms with Crippen LogP contribution >= 0.6 is 0 Å². The number of nitrogens with zero attached hydrogens (tertiary/aromatic N) is 1. The minimum atomic E-state index is -0.164. The van der Waals surface area contributed by atoms with Crippen LogP contribution in [0, 0.1) is 5.92 Å². The topological polar surface area (TPSA) is 64.4 Å². The standard InChI is InChI=1S/C18H20N2O3/c21-18(16-17(23-11-20-16)15-7-4-8-22-15)19-10-13-9-14(13)12-5-2-1-3-6-12/h1-3,5-6,11,13-15H,4,7-10H2,(H,19,21)/t13-,14-,15-/m0/s1. The van der Waals surface area contributed by atoms with Crippen molar-refractivity contribution in [1.29, 1.82) is 0 Å². The zero-order valence-electron chi connectivity index (χ0n) is 12.9. The lowest BCUT2D eigenvalue weighted by atomic mass is 10.1. The Hall–Kier alpha value is -2.14. The number of hydrogen-bond donors (Lipinski definition) is 1. The van der Waals surface area contributed by atoms with E-state index in [1.807, 2.05) is 6.07 Å². The van der Waals surface area contributed by atoms with Crippen molar-refractivity contribution in [3.63, 3.8) is 0 Å². The second-order valence-corrected chi connectivity index (χ2v) is 6.29. The van der Waals surface area contributed by atoms with E-state index >= 15 is 0 Å². The van der Waals surface area contributed by atoms with Crippen molar-refractivity contribution < 1.29 is 13.9 Å². The summed E-state index contributed by atoms with van der Waals surface area (Å²) >= 11 is 0. The van der Waals surface area contributed by atoms with E-state index in [-0.39, 0.29) is 12.0 Å². The van der Waals surface area contributed by atoms with Gasteiger partial charge >= 0.3 is 0 Å². The summed E-state index contributed by atoms with van der Waals surface area (Å²) < 4.78 is 11.0. The fourth-order valence-electron chi connectivity index (χ4n) is 3.33. The maximum absolute atomic E-state index is 12.4. The van der Waals surface area contributed by atoms with E-state index in [1.54, 1.807) is 0 Å². The molecular weight excluding hydrogens is 292 g/mol. The van der Waals surface area contributed by atoms with Crippen molar-refractivity contribution >= 4 is 5.91 Å². The van der Waals surface area contributed by atoms with Crippen LogP contribution in [0.15, 0.2) is 41.1 Å². The lowest BCUT2D eigenvalue weighted by molar-refractivity contribution is 0.0860. The molecule has 1 N–H and O–H groups in total. The van der Waals surface area contributed by atoms with Gasteiger partial charge in [0.05, 0.1) is 0 Å². The van der Waals surface area contributed by atoms with Gasteiger partial charge in [-0.3, -0.25) is 4.79 Å². The molecule has 1 saturated carbocycles. The van der Waals surface area contributed by atoms with E-state index in [4.69, 9.17) is 9.15 Å². The monoisotopic (exact) mass is 312 g/mol. The molecule has 1 aliphatic heterocycles. The molecule has 5 nitrogen and oxygen atoms in total. The Morgan fingerprint density at radius 2 is 2.17 bits per heavy atom. The molecule has 1 saturated heterocycles. The number of oxazole rings is 1. The van der Waals surface area contributed by atoms with Gasteiger partial charge in [-0.25, -0.2) is 4.98 Å². The summed E-state index contributed by atoms with van der Waals surface area (Å²) in [5, 5.41) is 2.99. The smallest absolute Gasteiger partial charge is 0.273 e. The zero-order chi connectivity index (χ0) is 15.6. The van der Waals surface area contributed by atoms with Crippen LogP contribution in [0.25, 0.3) is 0 Å². The summed E-state index contributed by atoms with van der Waals surface area (Å²) in [4.78, 5) is 16.4. The largest absolute Gasteiger partial charge is 0.445 e. The Morgan fingerprint density at radius 3 is 2.96 bits per heavy atom. The average molecular weight is 312 g/mol.